The van der Waals surface area contributed by atoms with Gasteiger partial charge < -0.3 is 9.73 Å². The Hall–Kier alpha value is -2.01. The van der Waals surface area contributed by atoms with Crippen molar-refractivity contribution < 1.29 is 4.42 Å². The molecule has 100 valence electrons. The minimum absolute atomic E-state index is 0.708. The highest BCUT2D eigenvalue weighted by Crippen LogP contribution is 2.37. The van der Waals surface area contributed by atoms with E-state index in [9.17, 15) is 0 Å². The zero-order valence-electron chi connectivity index (χ0n) is 10.8. The topological polar surface area (TPSA) is 51.0 Å². The number of nitrogens with one attached hydrogen (secondary N) is 1. The summed E-state index contributed by atoms with van der Waals surface area (Å²) in [5.41, 5.74) is 3.50. The van der Waals surface area contributed by atoms with E-state index in [0.29, 0.717) is 6.54 Å². The lowest BCUT2D eigenvalue weighted by molar-refractivity contribution is 0.564. The van der Waals surface area contributed by atoms with Crippen molar-refractivity contribution in [1.82, 2.24) is 9.97 Å². The molecule has 2 aromatic heterocycles. The first-order valence-corrected chi connectivity index (χ1v) is 7.55. The van der Waals surface area contributed by atoms with E-state index in [4.69, 9.17) is 4.42 Å². The lowest BCUT2D eigenvalue weighted by Gasteiger charge is -2.10. The lowest BCUT2D eigenvalue weighted by atomic mass is 10.1. The van der Waals surface area contributed by atoms with Crippen molar-refractivity contribution in [3.8, 4) is 0 Å². The van der Waals surface area contributed by atoms with Crippen LogP contribution in [0.4, 0.5) is 5.82 Å². The summed E-state index contributed by atoms with van der Waals surface area (Å²) in [5.74, 6) is 2.06. The van der Waals surface area contributed by atoms with Crippen LogP contribution in [0.3, 0.4) is 0 Å². The van der Waals surface area contributed by atoms with Gasteiger partial charge in [0.15, 0.2) is 0 Å². The molecule has 0 aliphatic carbocycles. The summed E-state index contributed by atoms with van der Waals surface area (Å²) in [6.07, 6.45) is 6.14. The van der Waals surface area contributed by atoms with Gasteiger partial charge in [-0.15, -0.1) is 11.8 Å². The monoisotopic (exact) mass is 283 g/mol. The van der Waals surface area contributed by atoms with Crippen molar-refractivity contribution in [2.45, 2.75) is 17.9 Å². The first-order valence-electron chi connectivity index (χ1n) is 6.56. The van der Waals surface area contributed by atoms with E-state index in [0.717, 1.165) is 29.1 Å². The largest absolute Gasteiger partial charge is 0.472 e. The van der Waals surface area contributed by atoms with Gasteiger partial charge >= 0.3 is 0 Å². The number of furan rings is 1. The second-order valence-corrected chi connectivity index (χ2v) is 5.88. The van der Waals surface area contributed by atoms with Gasteiger partial charge in [-0.05, 0) is 30.2 Å². The molecule has 0 spiro atoms. The Labute approximate surface area is 120 Å². The third kappa shape index (κ3) is 1.94. The van der Waals surface area contributed by atoms with Gasteiger partial charge in [0.2, 0.25) is 0 Å². The van der Waals surface area contributed by atoms with E-state index in [1.54, 1.807) is 18.9 Å². The van der Waals surface area contributed by atoms with E-state index >= 15 is 0 Å². The van der Waals surface area contributed by atoms with Crippen LogP contribution in [-0.4, -0.2) is 15.7 Å². The Morgan fingerprint density at radius 2 is 2.25 bits per heavy atom. The van der Waals surface area contributed by atoms with Crippen molar-refractivity contribution in [3.63, 3.8) is 0 Å². The summed E-state index contributed by atoms with van der Waals surface area (Å²) in [6.45, 7) is 0.708. The molecule has 0 bridgehead atoms. The Morgan fingerprint density at radius 1 is 1.25 bits per heavy atom. The molecular weight excluding hydrogens is 270 g/mol. The van der Waals surface area contributed by atoms with E-state index in [2.05, 4.69) is 27.4 Å². The number of aromatic nitrogens is 2. The summed E-state index contributed by atoms with van der Waals surface area (Å²) >= 11 is 1.91. The van der Waals surface area contributed by atoms with Crippen LogP contribution in [0.5, 0.6) is 0 Å². The second-order valence-electron chi connectivity index (χ2n) is 4.74. The predicted octanol–water partition coefficient (Wildman–Crippen LogP) is 3.48. The zero-order chi connectivity index (χ0) is 13.4. The summed E-state index contributed by atoms with van der Waals surface area (Å²) in [5, 5.41) is 4.56. The highest BCUT2D eigenvalue weighted by molar-refractivity contribution is 7.99. The fourth-order valence-corrected chi connectivity index (χ4v) is 3.63. The quantitative estimate of drug-likeness (QED) is 0.797. The first-order chi connectivity index (χ1) is 9.92. The van der Waals surface area contributed by atoms with Crippen LogP contribution in [-0.2, 0) is 13.0 Å². The molecule has 0 radical (unpaired) electrons. The molecule has 1 aliphatic heterocycles. The van der Waals surface area contributed by atoms with Gasteiger partial charge in [0, 0.05) is 28.1 Å². The smallest absolute Gasteiger partial charge is 0.137 e. The predicted molar refractivity (Wildman–Crippen MR) is 80.0 cm³/mol. The minimum atomic E-state index is 0.708. The average Bonchev–Trinajstić information content (AvgIpc) is 3.15. The van der Waals surface area contributed by atoms with Crippen LogP contribution in [0.15, 0.2) is 46.4 Å². The number of benzene rings is 1. The number of hydrogen-bond acceptors (Lipinski definition) is 5. The molecule has 3 heterocycles. The third-order valence-electron chi connectivity index (χ3n) is 3.52. The van der Waals surface area contributed by atoms with Crippen molar-refractivity contribution >= 4 is 28.5 Å². The molecule has 1 aromatic carbocycles. The standard InChI is InChI=1S/C15H13N3OS/c1-2-13-11(4-6-20-13)14-12(1)17-9-18-15(14)16-7-10-3-5-19-8-10/h1-3,5,8-9H,4,6-7H2,(H,16,17,18). The van der Waals surface area contributed by atoms with Crippen LogP contribution in [0.1, 0.15) is 11.1 Å². The molecule has 4 rings (SSSR count). The van der Waals surface area contributed by atoms with Crippen LogP contribution in [0.2, 0.25) is 0 Å². The SMILES string of the molecule is c1nc(NCc2ccoc2)c2c3c(ccc2n1)SCC3. The number of fused-ring (bicyclic) bond motifs is 3. The Kier molecular flexibility index (Phi) is 2.85. The molecule has 0 saturated heterocycles. The number of hydrogen-bond donors (Lipinski definition) is 1. The first kappa shape index (κ1) is 11.8. The fraction of sp³-hybridized carbons (Fsp3) is 0.200. The molecule has 1 aliphatic rings. The molecule has 4 nitrogen and oxygen atoms in total. The van der Waals surface area contributed by atoms with Crippen molar-refractivity contribution in [2.24, 2.45) is 0 Å². The minimum Gasteiger partial charge on any atom is -0.472 e. The van der Waals surface area contributed by atoms with Crippen molar-refractivity contribution in [3.05, 3.63) is 48.2 Å². The number of thioether (sulfide) groups is 1. The Morgan fingerprint density at radius 3 is 3.15 bits per heavy atom. The van der Waals surface area contributed by atoms with Crippen LogP contribution >= 0.6 is 11.8 Å². The Balaban J connectivity index is 1.77. The number of nitrogens with zero attached hydrogens (tertiary/aromatic N) is 2. The van der Waals surface area contributed by atoms with Crippen molar-refractivity contribution in [1.29, 1.82) is 0 Å². The molecule has 0 saturated carbocycles. The second kappa shape index (κ2) is 4.83. The van der Waals surface area contributed by atoms with E-state index in [1.165, 1.54) is 15.8 Å². The molecular formula is C15H13N3OS. The molecule has 0 amide bonds. The Bertz CT molecular complexity index is 755. The van der Waals surface area contributed by atoms with Crippen LogP contribution in [0, 0.1) is 0 Å². The fourth-order valence-electron chi connectivity index (χ4n) is 2.56. The molecule has 0 fully saturated rings. The van der Waals surface area contributed by atoms with Gasteiger partial charge in [-0.25, -0.2) is 9.97 Å². The average molecular weight is 283 g/mol. The summed E-state index contributed by atoms with van der Waals surface area (Å²) in [6, 6.07) is 6.20. The summed E-state index contributed by atoms with van der Waals surface area (Å²) in [4.78, 5) is 10.2. The highest BCUT2D eigenvalue weighted by Gasteiger charge is 2.17. The van der Waals surface area contributed by atoms with Gasteiger partial charge in [-0.1, -0.05) is 0 Å². The third-order valence-corrected chi connectivity index (χ3v) is 4.62. The van der Waals surface area contributed by atoms with Gasteiger partial charge in [-0.3, -0.25) is 0 Å². The van der Waals surface area contributed by atoms with E-state index in [1.807, 2.05) is 17.8 Å². The van der Waals surface area contributed by atoms with Gasteiger partial charge in [0.25, 0.3) is 0 Å². The van der Waals surface area contributed by atoms with Gasteiger partial charge in [0.1, 0.15) is 12.1 Å². The zero-order valence-corrected chi connectivity index (χ0v) is 11.6. The van der Waals surface area contributed by atoms with Gasteiger partial charge in [-0.2, -0.15) is 0 Å². The van der Waals surface area contributed by atoms with Crippen LogP contribution < -0.4 is 5.32 Å². The van der Waals surface area contributed by atoms with Gasteiger partial charge in [0.05, 0.1) is 18.0 Å². The van der Waals surface area contributed by atoms with Crippen LogP contribution in [0.25, 0.3) is 10.9 Å². The molecule has 5 heteroatoms. The summed E-state index contributed by atoms with van der Waals surface area (Å²) < 4.78 is 5.09. The maximum absolute atomic E-state index is 5.09. The number of rotatable bonds is 3. The van der Waals surface area contributed by atoms with E-state index < -0.39 is 0 Å². The maximum atomic E-state index is 5.09. The molecule has 0 unspecified atom stereocenters. The lowest BCUT2D eigenvalue weighted by Crippen LogP contribution is -2.03. The number of aryl methyl sites for hydroxylation is 1. The van der Waals surface area contributed by atoms with Crippen molar-refractivity contribution in [2.75, 3.05) is 11.1 Å². The normalized spacial score (nSPS) is 13.6. The molecule has 20 heavy (non-hydrogen) atoms. The summed E-state index contributed by atoms with van der Waals surface area (Å²) in [7, 11) is 0. The molecule has 0 atom stereocenters. The molecule has 3 aromatic rings. The number of anilines is 1. The molecule has 1 N–H and O–H groups in total. The van der Waals surface area contributed by atoms with E-state index in [-0.39, 0.29) is 0 Å². The highest BCUT2D eigenvalue weighted by atomic mass is 32.2. The maximum Gasteiger partial charge on any atom is 0.137 e.